The van der Waals surface area contributed by atoms with E-state index < -0.39 is 30.9 Å². The molecule has 1 aliphatic rings. The lowest BCUT2D eigenvalue weighted by atomic mass is 10.4. The molecule has 1 saturated heterocycles. The highest BCUT2D eigenvalue weighted by molar-refractivity contribution is 7.95. The molecule has 1 unspecified atom stereocenters. The van der Waals surface area contributed by atoms with Crippen LogP contribution < -0.4 is 0 Å². The third kappa shape index (κ3) is 2.36. The maximum Gasteiger partial charge on any atom is 0.267 e. The summed E-state index contributed by atoms with van der Waals surface area (Å²) in [6.07, 6.45) is 0.914. The first kappa shape index (κ1) is 10.4. The van der Waals surface area contributed by atoms with E-state index in [0.29, 0.717) is 0 Å². The zero-order valence-corrected chi connectivity index (χ0v) is 8.14. The summed E-state index contributed by atoms with van der Waals surface area (Å²) in [5, 5.41) is -1.07. The predicted molar refractivity (Wildman–Crippen MR) is 44.1 cm³/mol. The Morgan fingerprint density at radius 1 is 1.38 bits per heavy atom. The van der Waals surface area contributed by atoms with Crippen molar-refractivity contribution in [3.63, 3.8) is 0 Å². The van der Waals surface area contributed by atoms with Gasteiger partial charge in [-0.1, -0.05) is 4.40 Å². The van der Waals surface area contributed by atoms with Crippen LogP contribution in [0.1, 0.15) is 6.42 Å². The summed E-state index contributed by atoms with van der Waals surface area (Å²) in [6, 6.07) is 0. The van der Waals surface area contributed by atoms with Crippen LogP contribution in [0.15, 0.2) is 4.40 Å². The van der Waals surface area contributed by atoms with E-state index in [0.717, 1.165) is 6.08 Å². The van der Waals surface area contributed by atoms with E-state index in [1.165, 1.54) is 0 Å². The summed E-state index contributed by atoms with van der Waals surface area (Å²) in [6.45, 7) is 0. The number of sulfone groups is 1. The van der Waals surface area contributed by atoms with Crippen LogP contribution in [0.4, 0.5) is 0 Å². The third-order valence-electron chi connectivity index (χ3n) is 1.78. The lowest BCUT2D eigenvalue weighted by Crippen LogP contribution is -2.20. The van der Waals surface area contributed by atoms with Gasteiger partial charge in [0, 0.05) is 0 Å². The first-order valence-corrected chi connectivity index (χ1v) is 6.73. The summed E-state index contributed by atoms with van der Waals surface area (Å²) < 4.78 is 46.4. The molecule has 0 saturated carbocycles. The van der Waals surface area contributed by atoms with E-state index in [4.69, 9.17) is 0 Å². The Bertz CT molecular complexity index is 441. The molecule has 1 rings (SSSR count). The van der Waals surface area contributed by atoms with Gasteiger partial charge in [0.1, 0.15) is 0 Å². The maximum absolute atomic E-state index is 11.0. The standard InChI is InChI=1S/C5H7NO5S2/c7-4-6-13(10,11)5-1-2-12(8,9)3-5/h5H,1-3H2. The number of sulfonamides is 1. The second kappa shape index (κ2) is 3.21. The zero-order valence-electron chi connectivity index (χ0n) is 6.50. The van der Waals surface area contributed by atoms with Gasteiger partial charge in [0.05, 0.1) is 16.8 Å². The Morgan fingerprint density at radius 2 is 2.00 bits per heavy atom. The van der Waals surface area contributed by atoms with Crippen molar-refractivity contribution >= 4 is 25.9 Å². The molecule has 0 bridgehead atoms. The predicted octanol–water partition coefficient (Wildman–Crippen LogP) is -1.16. The van der Waals surface area contributed by atoms with Gasteiger partial charge in [-0.25, -0.2) is 21.6 Å². The van der Waals surface area contributed by atoms with Crippen LogP contribution in [0, 0.1) is 0 Å². The minimum absolute atomic E-state index is 0.00977. The minimum Gasteiger partial charge on any atom is -0.229 e. The van der Waals surface area contributed by atoms with Crippen LogP contribution in [0.25, 0.3) is 0 Å². The summed E-state index contributed by atoms with van der Waals surface area (Å²) in [7, 11) is -7.22. The van der Waals surface area contributed by atoms with Crippen LogP contribution in [0.5, 0.6) is 0 Å². The number of carbonyl (C=O) groups excluding carboxylic acids is 1. The van der Waals surface area contributed by atoms with E-state index in [2.05, 4.69) is 4.40 Å². The quantitative estimate of drug-likeness (QED) is 0.436. The van der Waals surface area contributed by atoms with Crippen molar-refractivity contribution in [1.29, 1.82) is 0 Å². The van der Waals surface area contributed by atoms with Gasteiger partial charge in [0.15, 0.2) is 9.84 Å². The molecule has 0 aromatic rings. The van der Waals surface area contributed by atoms with Crippen molar-refractivity contribution < 1.29 is 21.6 Å². The molecule has 1 fully saturated rings. The van der Waals surface area contributed by atoms with Crippen LogP contribution in [-0.2, 0) is 24.7 Å². The number of hydrogen-bond acceptors (Lipinski definition) is 5. The van der Waals surface area contributed by atoms with E-state index in [9.17, 15) is 21.6 Å². The van der Waals surface area contributed by atoms with Crippen LogP contribution in [-0.4, -0.2) is 39.7 Å². The maximum atomic E-state index is 11.0. The van der Waals surface area contributed by atoms with E-state index >= 15 is 0 Å². The summed E-state index contributed by atoms with van der Waals surface area (Å²) in [5.41, 5.74) is 0. The molecule has 0 aromatic carbocycles. The largest absolute Gasteiger partial charge is 0.267 e. The molecule has 0 spiro atoms. The number of rotatable bonds is 2. The molecule has 6 nitrogen and oxygen atoms in total. The van der Waals surface area contributed by atoms with Crippen LogP contribution in [0.3, 0.4) is 0 Å². The molecular weight excluding hydrogens is 218 g/mol. The Balaban J connectivity index is 2.96. The molecule has 1 aliphatic heterocycles. The van der Waals surface area contributed by atoms with E-state index in [1.807, 2.05) is 0 Å². The Labute approximate surface area is 75.6 Å². The molecule has 1 atom stereocenters. The molecule has 13 heavy (non-hydrogen) atoms. The number of isocyanates is 1. The first-order chi connectivity index (χ1) is 5.87. The van der Waals surface area contributed by atoms with Crippen molar-refractivity contribution in [1.82, 2.24) is 0 Å². The molecule has 8 heteroatoms. The fourth-order valence-electron chi connectivity index (χ4n) is 1.12. The van der Waals surface area contributed by atoms with Crippen molar-refractivity contribution in [2.75, 3.05) is 11.5 Å². The van der Waals surface area contributed by atoms with Crippen molar-refractivity contribution in [3.05, 3.63) is 0 Å². The minimum atomic E-state index is -3.96. The Kier molecular flexibility index (Phi) is 2.56. The number of hydrogen-bond donors (Lipinski definition) is 0. The molecule has 0 amide bonds. The van der Waals surface area contributed by atoms with Gasteiger partial charge in [-0.15, -0.1) is 0 Å². The van der Waals surface area contributed by atoms with Gasteiger partial charge in [-0.3, -0.25) is 0 Å². The van der Waals surface area contributed by atoms with Gasteiger partial charge < -0.3 is 0 Å². The zero-order chi connectivity index (χ0) is 10.1. The first-order valence-electron chi connectivity index (χ1n) is 3.41. The van der Waals surface area contributed by atoms with Gasteiger partial charge in [0.2, 0.25) is 0 Å². The Hall–Kier alpha value is -0.720. The van der Waals surface area contributed by atoms with Crippen LogP contribution in [0.2, 0.25) is 0 Å². The van der Waals surface area contributed by atoms with E-state index in [-0.39, 0.29) is 12.2 Å². The molecule has 1 heterocycles. The molecule has 0 radical (unpaired) electrons. The summed E-state index contributed by atoms with van der Waals surface area (Å²) in [5.74, 6) is -0.605. The third-order valence-corrected chi connectivity index (χ3v) is 5.33. The fraction of sp³-hybridized carbons (Fsp3) is 0.800. The smallest absolute Gasteiger partial charge is 0.229 e. The monoisotopic (exact) mass is 225 g/mol. The van der Waals surface area contributed by atoms with Gasteiger partial charge in [-0.2, -0.15) is 0 Å². The molecule has 0 N–H and O–H groups in total. The number of nitrogens with zero attached hydrogens (tertiary/aromatic N) is 1. The molecule has 0 aromatic heterocycles. The van der Waals surface area contributed by atoms with Crippen molar-refractivity contribution in [2.24, 2.45) is 4.40 Å². The van der Waals surface area contributed by atoms with Gasteiger partial charge >= 0.3 is 0 Å². The van der Waals surface area contributed by atoms with Gasteiger partial charge in [0.25, 0.3) is 16.1 Å². The lowest BCUT2D eigenvalue weighted by Gasteiger charge is -2.00. The van der Waals surface area contributed by atoms with Gasteiger partial charge in [-0.05, 0) is 6.42 Å². The molecular formula is C5H7NO5S2. The second-order valence-corrected chi connectivity index (χ2v) is 6.83. The Morgan fingerprint density at radius 3 is 2.38 bits per heavy atom. The van der Waals surface area contributed by atoms with Crippen molar-refractivity contribution in [2.45, 2.75) is 11.7 Å². The SMILES string of the molecule is O=C=NS(=O)(=O)C1CCS(=O)(=O)C1. The summed E-state index contributed by atoms with van der Waals surface area (Å²) in [4.78, 5) is 9.72. The lowest BCUT2D eigenvalue weighted by molar-refractivity contribution is 0.561. The highest BCUT2D eigenvalue weighted by Crippen LogP contribution is 2.19. The average Bonchev–Trinajstić information content (AvgIpc) is 2.30. The molecule has 74 valence electrons. The molecule has 0 aliphatic carbocycles. The van der Waals surface area contributed by atoms with E-state index in [1.54, 1.807) is 0 Å². The summed E-state index contributed by atoms with van der Waals surface area (Å²) >= 11 is 0. The van der Waals surface area contributed by atoms with Crippen LogP contribution >= 0.6 is 0 Å². The second-order valence-electron chi connectivity index (χ2n) is 2.72. The highest BCUT2D eigenvalue weighted by atomic mass is 32.2. The highest BCUT2D eigenvalue weighted by Gasteiger charge is 2.37. The van der Waals surface area contributed by atoms with Crippen molar-refractivity contribution in [3.8, 4) is 0 Å². The normalized spacial score (nSPS) is 26.6. The fourth-order valence-corrected chi connectivity index (χ4v) is 4.79. The topological polar surface area (TPSA) is 97.7 Å². The average molecular weight is 225 g/mol.